The molecule has 1 aromatic carbocycles. The van der Waals surface area contributed by atoms with Crippen LogP contribution >= 0.6 is 0 Å². The van der Waals surface area contributed by atoms with E-state index in [0.717, 1.165) is 30.8 Å². The molecule has 1 aliphatic heterocycles. The summed E-state index contributed by atoms with van der Waals surface area (Å²) in [4.78, 5) is 3.52. The van der Waals surface area contributed by atoms with Gasteiger partial charge in [0.15, 0.2) is 0 Å². The smallest absolute Gasteiger partial charge is 0.143 e. The number of benzene rings is 1. The van der Waals surface area contributed by atoms with E-state index in [9.17, 15) is 0 Å². The lowest BCUT2D eigenvalue weighted by Gasteiger charge is -2.19. The average Bonchev–Trinajstić information content (AvgIpc) is 2.74. The van der Waals surface area contributed by atoms with Gasteiger partial charge in [0.05, 0.1) is 5.52 Å². The first-order valence-corrected chi connectivity index (χ1v) is 6.79. The van der Waals surface area contributed by atoms with Gasteiger partial charge in [-0.05, 0) is 25.5 Å². The number of para-hydroxylation sites is 1. The molecule has 0 saturated heterocycles. The molecule has 0 amide bonds. The Morgan fingerprint density at radius 3 is 3.00 bits per heavy atom. The van der Waals surface area contributed by atoms with Gasteiger partial charge in [-0.1, -0.05) is 12.1 Å². The van der Waals surface area contributed by atoms with E-state index in [0.29, 0.717) is 6.61 Å². The molecule has 1 aliphatic rings. The molecule has 0 radical (unpaired) electrons. The molecule has 0 saturated carbocycles. The van der Waals surface area contributed by atoms with Gasteiger partial charge in [-0.15, -0.1) is 0 Å². The third kappa shape index (κ3) is 2.46. The van der Waals surface area contributed by atoms with Crippen LogP contribution in [0, 0.1) is 0 Å². The molecular formula is C15H21N3O. The van der Waals surface area contributed by atoms with E-state index in [1.165, 1.54) is 16.6 Å². The Bertz CT molecular complexity index is 595. The first-order valence-electron chi connectivity index (χ1n) is 6.79. The van der Waals surface area contributed by atoms with Crippen LogP contribution in [0.4, 0.5) is 0 Å². The molecule has 3 rings (SSSR count). The highest BCUT2D eigenvalue weighted by molar-refractivity contribution is 5.89. The molecule has 19 heavy (non-hydrogen) atoms. The lowest BCUT2D eigenvalue weighted by atomic mass is 10.1. The van der Waals surface area contributed by atoms with Crippen LogP contribution in [0.3, 0.4) is 0 Å². The van der Waals surface area contributed by atoms with Crippen molar-refractivity contribution >= 4 is 10.9 Å². The van der Waals surface area contributed by atoms with E-state index >= 15 is 0 Å². The first-order chi connectivity index (χ1) is 9.04. The molecule has 2 heterocycles. The molecule has 0 atom stereocenters. The summed E-state index contributed by atoms with van der Waals surface area (Å²) in [6.07, 6.45) is 1.05. The average molecular weight is 259 g/mol. The van der Waals surface area contributed by atoms with Crippen molar-refractivity contribution in [2.75, 3.05) is 13.2 Å². The molecule has 0 bridgehead atoms. The second kappa shape index (κ2) is 4.54. The molecule has 102 valence electrons. The Morgan fingerprint density at radius 2 is 2.21 bits per heavy atom. The number of ether oxygens (including phenoxy) is 1. The van der Waals surface area contributed by atoms with Crippen molar-refractivity contribution in [2.24, 2.45) is 5.73 Å². The van der Waals surface area contributed by atoms with Crippen LogP contribution in [-0.2, 0) is 13.0 Å². The summed E-state index contributed by atoms with van der Waals surface area (Å²) >= 11 is 0. The van der Waals surface area contributed by atoms with Gasteiger partial charge in [0, 0.05) is 36.1 Å². The van der Waals surface area contributed by atoms with Crippen LogP contribution in [-0.4, -0.2) is 23.7 Å². The Hall–Kier alpha value is -1.52. The maximum Gasteiger partial charge on any atom is 0.143 e. The van der Waals surface area contributed by atoms with E-state index < -0.39 is 0 Å². The summed E-state index contributed by atoms with van der Waals surface area (Å²) in [6, 6.07) is 6.20. The highest BCUT2D eigenvalue weighted by atomic mass is 16.5. The van der Waals surface area contributed by atoms with Gasteiger partial charge in [0.25, 0.3) is 0 Å². The standard InChI is InChI=1S/C15H21N3O/c1-15(2,16)9-19-13-5-3-4-10-11-8-17-7-6-12(11)18-14(10)13/h3-5,17-18H,6-9,16H2,1-2H3. The molecule has 2 aromatic rings. The van der Waals surface area contributed by atoms with Gasteiger partial charge >= 0.3 is 0 Å². The third-order valence-corrected chi connectivity index (χ3v) is 3.44. The molecule has 1 aromatic heterocycles. The third-order valence-electron chi connectivity index (χ3n) is 3.44. The number of H-pyrrole nitrogens is 1. The van der Waals surface area contributed by atoms with E-state index in [-0.39, 0.29) is 5.54 Å². The zero-order valence-electron chi connectivity index (χ0n) is 11.5. The van der Waals surface area contributed by atoms with Crippen molar-refractivity contribution in [1.82, 2.24) is 10.3 Å². The lowest BCUT2D eigenvalue weighted by Crippen LogP contribution is -2.38. The fourth-order valence-corrected chi connectivity index (χ4v) is 2.53. The van der Waals surface area contributed by atoms with Crippen LogP contribution in [0.1, 0.15) is 25.1 Å². The van der Waals surface area contributed by atoms with Crippen LogP contribution in [0.5, 0.6) is 5.75 Å². The summed E-state index contributed by atoms with van der Waals surface area (Å²) in [5, 5.41) is 4.67. The largest absolute Gasteiger partial charge is 0.489 e. The summed E-state index contributed by atoms with van der Waals surface area (Å²) in [5.41, 5.74) is 9.46. The molecule has 4 heteroatoms. The Balaban J connectivity index is 1.99. The molecule has 4 nitrogen and oxygen atoms in total. The second-order valence-electron chi connectivity index (χ2n) is 5.96. The van der Waals surface area contributed by atoms with Crippen molar-refractivity contribution in [1.29, 1.82) is 0 Å². The van der Waals surface area contributed by atoms with E-state index in [2.05, 4.69) is 16.4 Å². The number of aromatic nitrogens is 1. The van der Waals surface area contributed by atoms with Crippen molar-refractivity contribution in [3.05, 3.63) is 29.5 Å². The Kier molecular flexibility index (Phi) is 2.99. The number of nitrogens with two attached hydrogens (primary N) is 1. The Labute approximate surface area is 113 Å². The van der Waals surface area contributed by atoms with E-state index in [4.69, 9.17) is 10.5 Å². The lowest BCUT2D eigenvalue weighted by molar-refractivity contribution is 0.245. The maximum atomic E-state index is 5.98. The number of rotatable bonds is 3. The minimum atomic E-state index is -0.323. The molecule has 4 N–H and O–H groups in total. The predicted molar refractivity (Wildman–Crippen MR) is 77.5 cm³/mol. The van der Waals surface area contributed by atoms with Crippen LogP contribution in [0.25, 0.3) is 10.9 Å². The number of aromatic amines is 1. The molecular weight excluding hydrogens is 238 g/mol. The molecule has 0 aliphatic carbocycles. The van der Waals surface area contributed by atoms with Gasteiger partial charge < -0.3 is 20.8 Å². The first kappa shape index (κ1) is 12.5. The van der Waals surface area contributed by atoms with Gasteiger partial charge in [0.2, 0.25) is 0 Å². The van der Waals surface area contributed by atoms with E-state index in [1.54, 1.807) is 0 Å². The fourth-order valence-electron chi connectivity index (χ4n) is 2.53. The van der Waals surface area contributed by atoms with Gasteiger partial charge in [-0.3, -0.25) is 0 Å². The topological polar surface area (TPSA) is 63.1 Å². The zero-order chi connectivity index (χ0) is 13.5. The normalized spacial score (nSPS) is 15.5. The number of hydrogen-bond donors (Lipinski definition) is 3. The second-order valence-corrected chi connectivity index (χ2v) is 5.96. The number of fused-ring (bicyclic) bond motifs is 3. The van der Waals surface area contributed by atoms with Gasteiger partial charge in [-0.25, -0.2) is 0 Å². The van der Waals surface area contributed by atoms with E-state index in [1.807, 2.05) is 26.0 Å². The highest BCUT2D eigenvalue weighted by Crippen LogP contribution is 2.31. The van der Waals surface area contributed by atoms with Crippen LogP contribution in [0.2, 0.25) is 0 Å². The molecule has 0 unspecified atom stereocenters. The van der Waals surface area contributed by atoms with Crippen molar-refractivity contribution in [3.8, 4) is 5.75 Å². The number of hydrogen-bond acceptors (Lipinski definition) is 3. The monoisotopic (exact) mass is 259 g/mol. The maximum absolute atomic E-state index is 5.98. The summed E-state index contributed by atoms with van der Waals surface area (Å²) in [5.74, 6) is 0.894. The predicted octanol–water partition coefficient (Wildman–Crippen LogP) is 1.93. The van der Waals surface area contributed by atoms with Crippen molar-refractivity contribution < 1.29 is 4.74 Å². The van der Waals surface area contributed by atoms with Crippen molar-refractivity contribution in [3.63, 3.8) is 0 Å². The van der Waals surface area contributed by atoms with Crippen LogP contribution in [0.15, 0.2) is 18.2 Å². The van der Waals surface area contributed by atoms with Crippen molar-refractivity contribution in [2.45, 2.75) is 32.4 Å². The summed E-state index contributed by atoms with van der Waals surface area (Å²) in [6.45, 7) is 6.41. The quantitative estimate of drug-likeness (QED) is 0.789. The molecule has 0 fully saturated rings. The number of nitrogens with one attached hydrogen (secondary N) is 2. The SMILES string of the molecule is CC(C)(N)COc1cccc2c3c([nH]c12)CCNC3. The zero-order valence-corrected chi connectivity index (χ0v) is 11.5. The fraction of sp³-hybridized carbons (Fsp3) is 0.467. The minimum absolute atomic E-state index is 0.323. The van der Waals surface area contributed by atoms with Gasteiger partial charge in [0.1, 0.15) is 12.4 Å². The minimum Gasteiger partial charge on any atom is -0.489 e. The Morgan fingerprint density at radius 1 is 1.37 bits per heavy atom. The summed E-state index contributed by atoms with van der Waals surface area (Å²) < 4.78 is 5.88. The summed E-state index contributed by atoms with van der Waals surface area (Å²) in [7, 11) is 0. The van der Waals surface area contributed by atoms with Gasteiger partial charge in [-0.2, -0.15) is 0 Å². The molecule has 0 spiro atoms. The van der Waals surface area contributed by atoms with Crippen LogP contribution < -0.4 is 15.8 Å². The highest BCUT2D eigenvalue weighted by Gasteiger charge is 2.18.